The Morgan fingerprint density at radius 3 is 2.48 bits per heavy atom. The van der Waals surface area contributed by atoms with Gasteiger partial charge in [-0.1, -0.05) is 24.3 Å². The van der Waals surface area contributed by atoms with Crippen LogP contribution in [0.1, 0.15) is 22.3 Å². The summed E-state index contributed by atoms with van der Waals surface area (Å²) in [6.45, 7) is 0. The van der Waals surface area contributed by atoms with Gasteiger partial charge in [0.1, 0.15) is 0 Å². The molecule has 2 aromatic carbocycles. The maximum atomic E-state index is 11.2. The number of aromatic carboxylic acids is 1. The van der Waals surface area contributed by atoms with Gasteiger partial charge in [-0.15, -0.1) is 0 Å². The summed E-state index contributed by atoms with van der Waals surface area (Å²) in [4.78, 5) is 21.7. The van der Waals surface area contributed by atoms with Crippen molar-refractivity contribution in [1.82, 2.24) is 0 Å². The third kappa shape index (κ3) is 4.07. The van der Waals surface area contributed by atoms with Crippen LogP contribution in [-0.2, 0) is 11.2 Å². The van der Waals surface area contributed by atoms with Crippen molar-refractivity contribution < 1.29 is 19.8 Å². The van der Waals surface area contributed by atoms with Crippen LogP contribution in [0, 0.1) is 0 Å². The van der Waals surface area contributed by atoms with E-state index >= 15 is 0 Å². The highest BCUT2D eigenvalue weighted by Gasteiger charge is 2.09. The molecule has 5 nitrogen and oxygen atoms in total. The highest BCUT2D eigenvalue weighted by molar-refractivity contribution is 5.95. The van der Waals surface area contributed by atoms with Gasteiger partial charge in [0.05, 0.1) is 11.3 Å². The molecule has 0 fully saturated rings. The predicted octanol–water partition coefficient (Wildman–Crippen LogP) is 3.15. The Morgan fingerprint density at radius 1 is 1.00 bits per heavy atom. The normalized spacial score (nSPS) is 10.1. The third-order valence-corrected chi connectivity index (χ3v) is 2.99. The van der Waals surface area contributed by atoms with E-state index in [1.165, 1.54) is 6.07 Å². The van der Waals surface area contributed by atoms with Crippen molar-refractivity contribution in [2.75, 3.05) is 5.32 Å². The van der Waals surface area contributed by atoms with Crippen LogP contribution < -0.4 is 5.32 Å². The molecule has 0 atom stereocenters. The Hall–Kier alpha value is -2.82. The maximum Gasteiger partial charge on any atom is 0.337 e. The SMILES string of the molecule is O=C(O)CCc1cccc(Nc2ccccc2C(=O)O)c1. The van der Waals surface area contributed by atoms with Crippen LogP contribution in [0.3, 0.4) is 0 Å². The molecule has 0 aliphatic heterocycles. The van der Waals surface area contributed by atoms with Gasteiger partial charge in [0, 0.05) is 12.1 Å². The van der Waals surface area contributed by atoms with Gasteiger partial charge in [-0.2, -0.15) is 0 Å². The largest absolute Gasteiger partial charge is 0.481 e. The number of carboxylic acid groups (broad SMARTS) is 2. The highest BCUT2D eigenvalue weighted by Crippen LogP contribution is 2.22. The molecular weight excluding hydrogens is 270 g/mol. The molecular formula is C16H15NO4. The summed E-state index contributed by atoms with van der Waals surface area (Å²) < 4.78 is 0. The number of aryl methyl sites for hydroxylation is 1. The van der Waals surface area contributed by atoms with E-state index in [0.29, 0.717) is 12.1 Å². The number of anilines is 2. The van der Waals surface area contributed by atoms with Gasteiger partial charge >= 0.3 is 11.9 Å². The van der Waals surface area contributed by atoms with E-state index in [-0.39, 0.29) is 12.0 Å². The number of nitrogens with one attached hydrogen (secondary N) is 1. The second kappa shape index (κ2) is 6.56. The summed E-state index contributed by atoms with van der Waals surface area (Å²) in [5, 5.41) is 20.9. The lowest BCUT2D eigenvalue weighted by Crippen LogP contribution is -2.03. The Morgan fingerprint density at radius 2 is 1.76 bits per heavy atom. The van der Waals surface area contributed by atoms with Crippen LogP contribution in [-0.4, -0.2) is 22.2 Å². The first kappa shape index (κ1) is 14.6. The van der Waals surface area contributed by atoms with Crippen molar-refractivity contribution >= 4 is 23.3 Å². The van der Waals surface area contributed by atoms with E-state index < -0.39 is 11.9 Å². The molecule has 0 unspecified atom stereocenters. The molecule has 0 bridgehead atoms. The summed E-state index contributed by atoms with van der Waals surface area (Å²) in [7, 11) is 0. The molecule has 5 heteroatoms. The molecule has 2 aromatic rings. The fraction of sp³-hybridized carbons (Fsp3) is 0.125. The molecule has 0 saturated heterocycles. The minimum absolute atomic E-state index is 0.0646. The highest BCUT2D eigenvalue weighted by atomic mass is 16.4. The van der Waals surface area contributed by atoms with Crippen LogP contribution in [0.5, 0.6) is 0 Å². The first-order valence-corrected chi connectivity index (χ1v) is 6.46. The molecule has 0 radical (unpaired) electrons. The number of aliphatic carboxylic acids is 1. The zero-order valence-electron chi connectivity index (χ0n) is 11.2. The van der Waals surface area contributed by atoms with Crippen LogP contribution in [0.2, 0.25) is 0 Å². The summed E-state index contributed by atoms with van der Waals surface area (Å²) >= 11 is 0. The van der Waals surface area contributed by atoms with Crippen LogP contribution in [0.15, 0.2) is 48.5 Å². The van der Waals surface area contributed by atoms with Crippen molar-refractivity contribution in [3.63, 3.8) is 0 Å². The lowest BCUT2D eigenvalue weighted by Gasteiger charge is -2.10. The molecule has 3 N–H and O–H groups in total. The molecule has 0 spiro atoms. The fourth-order valence-corrected chi connectivity index (χ4v) is 1.99. The molecule has 21 heavy (non-hydrogen) atoms. The van der Waals surface area contributed by atoms with E-state index in [4.69, 9.17) is 10.2 Å². The quantitative estimate of drug-likeness (QED) is 0.759. The Labute approximate surface area is 121 Å². The van der Waals surface area contributed by atoms with Gasteiger partial charge in [0.25, 0.3) is 0 Å². The molecule has 0 heterocycles. The lowest BCUT2D eigenvalue weighted by atomic mass is 10.1. The van der Waals surface area contributed by atoms with Crippen molar-refractivity contribution in [3.8, 4) is 0 Å². The average Bonchev–Trinajstić information content (AvgIpc) is 2.46. The number of hydrogen-bond donors (Lipinski definition) is 3. The molecule has 0 aliphatic carbocycles. The molecule has 0 aromatic heterocycles. The number of hydrogen-bond acceptors (Lipinski definition) is 3. The smallest absolute Gasteiger partial charge is 0.337 e. The topological polar surface area (TPSA) is 86.6 Å². The van der Waals surface area contributed by atoms with Crippen molar-refractivity contribution in [1.29, 1.82) is 0 Å². The Bertz CT molecular complexity index is 667. The van der Waals surface area contributed by atoms with Crippen molar-refractivity contribution in [3.05, 3.63) is 59.7 Å². The first-order chi connectivity index (χ1) is 10.1. The number of carboxylic acids is 2. The number of carbonyl (C=O) groups is 2. The molecule has 0 amide bonds. The van der Waals surface area contributed by atoms with Gasteiger partial charge in [-0.05, 0) is 36.2 Å². The molecule has 0 aliphatic rings. The second-order valence-corrected chi connectivity index (χ2v) is 4.57. The van der Waals surface area contributed by atoms with Crippen molar-refractivity contribution in [2.45, 2.75) is 12.8 Å². The number of para-hydroxylation sites is 1. The third-order valence-electron chi connectivity index (χ3n) is 2.99. The number of rotatable bonds is 6. The Kier molecular flexibility index (Phi) is 4.56. The van der Waals surface area contributed by atoms with Gasteiger partial charge in [0.2, 0.25) is 0 Å². The predicted molar refractivity (Wildman–Crippen MR) is 79.1 cm³/mol. The zero-order valence-corrected chi connectivity index (χ0v) is 11.2. The van der Waals surface area contributed by atoms with Crippen LogP contribution >= 0.6 is 0 Å². The maximum absolute atomic E-state index is 11.2. The van der Waals surface area contributed by atoms with E-state index in [1.807, 2.05) is 24.3 Å². The second-order valence-electron chi connectivity index (χ2n) is 4.57. The summed E-state index contributed by atoms with van der Waals surface area (Å²) in [6, 6.07) is 13.9. The van der Waals surface area contributed by atoms with Crippen molar-refractivity contribution in [2.24, 2.45) is 0 Å². The molecule has 108 valence electrons. The lowest BCUT2D eigenvalue weighted by molar-refractivity contribution is -0.136. The first-order valence-electron chi connectivity index (χ1n) is 6.46. The molecule has 2 rings (SSSR count). The van der Waals surface area contributed by atoms with Crippen LogP contribution in [0.4, 0.5) is 11.4 Å². The monoisotopic (exact) mass is 285 g/mol. The minimum Gasteiger partial charge on any atom is -0.481 e. The average molecular weight is 285 g/mol. The van der Waals surface area contributed by atoms with E-state index in [2.05, 4.69) is 5.32 Å². The zero-order chi connectivity index (χ0) is 15.2. The van der Waals surface area contributed by atoms with E-state index in [0.717, 1.165) is 11.3 Å². The molecule has 0 saturated carbocycles. The minimum atomic E-state index is -1.000. The van der Waals surface area contributed by atoms with Gasteiger partial charge in [-0.25, -0.2) is 4.79 Å². The standard InChI is InChI=1S/C16H15NO4/c18-15(19)9-8-11-4-3-5-12(10-11)17-14-7-2-1-6-13(14)16(20)21/h1-7,10,17H,8-9H2,(H,18,19)(H,20,21). The van der Waals surface area contributed by atoms with Gasteiger partial charge in [-0.3, -0.25) is 4.79 Å². The number of benzene rings is 2. The van der Waals surface area contributed by atoms with Gasteiger partial charge < -0.3 is 15.5 Å². The summed E-state index contributed by atoms with van der Waals surface area (Å²) in [5.74, 6) is -1.84. The van der Waals surface area contributed by atoms with Gasteiger partial charge in [0.15, 0.2) is 0 Å². The fourth-order valence-electron chi connectivity index (χ4n) is 1.99. The van der Waals surface area contributed by atoms with Crippen LogP contribution in [0.25, 0.3) is 0 Å². The Balaban J connectivity index is 2.18. The summed E-state index contributed by atoms with van der Waals surface area (Å²) in [5.41, 5.74) is 2.30. The van der Waals surface area contributed by atoms with E-state index in [9.17, 15) is 9.59 Å². The summed E-state index contributed by atoms with van der Waals surface area (Å²) in [6.07, 6.45) is 0.501. The van der Waals surface area contributed by atoms with E-state index in [1.54, 1.807) is 18.2 Å².